The Kier molecular flexibility index (Phi) is 5.84. The van der Waals surface area contributed by atoms with Gasteiger partial charge in [-0.3, -0.25) is 10.1 Å². The van der Waals surface area contributed by atoms with Crippen LogP contribution >= 0.6 is 0 Å². The molecular formula is C18H17FN2O4. The van der Waals surface area contributed by atoms with Crippen molar-refractivity contribution in [3.63, 3.8) is 0 Å². The molecule has 25 heavy (non-hydrogen) atoms. The van der Waals surface area contributed by atoms with Crippen LogP contribution in [-0.4, -0.2) is 24.5 Å². The fourth-order valence-electron chi connectivity index (χ4n) is 1.96. The van der Waals surface area contributed by atoms with Crippen molar-refractivity contribution in [2.75, 3.05) is 11.9 Å². The molecule has 3 amide bonds. The van der Waals surface area contributed by atoms with E-state index in [1.807, 2.05) is 19.2 Å². The van der Waals surface area contributed by atoms with E-state index in [1.54, 1.807) is 18.2 Å². The number of hydrogen-bond acceptors (Lipinski definition) is 4. The minimum Gasteiger partial charge on any atom is -0.452 e. The maximum Gasteiger partial charge on any atom is 0.338 e. The Labute approximate surface area is 144 Å². The van der Waals surface area contributed by atoms with Gasteiger partial charge in [0.15, 0.2) is 6.61 Å². The molecule has 6 nitrogen and oxygen atoms in total. The first-order valence-electron chi connectivity index (χ1n) is 7.46. The summed E-state index contributed by atoms with van der Waals surface area (Å²) in [6.45, 7) is 3.13. The third kappa shape index (κ3) is 5.13. The number of urea groups is 1. The molecule has 2 aromatic carbocycles. The number of hydrogen-bond donors (Lipinski definition) is 2. The predicted molar refractivity (Wildman–Crippen MR) is 89.8 cm³/mol. The third-order valence-corrected chi connectivity index (χ3v) is 3.45. The zero-order valence-corrected chi connectivity index (χ0v) is 13.8. The van der Waals surface area contributed by atoms with E-state index in [9.17, 15) is 18.8 Å². The summed E-state index contributed by atoms with van der Waals surface area (Å²) in [5.74, 6) is -2.13. The Bertz CT molecular complexity index is 820. The van der Waals surface area contributed by atoms with Gasteiger partial charge in [-0.05, 0) is 49.2 Å². The molecule has 0 atom stereocenters. The van der Waals surface area contributed by atoms with Crippen molar-refractivity contribution in [3.05, 3.63) is 65.0 Å². The van der Waals surface area contributed by atoms with Crippen LogP contribution in [0.2, 0.25) is 0 Å². The number of carbonyl (C=O) groups is 3. The summed E-state index contributed by atoms with van der Waals surface area (Å²) in [6.07, 6.45) is 0. The molecule has 7 heteroatoms. The number of rotatable bonds is 4. The van der Waals surface area contributed by atoms with Crippen LogP contribution in [0.5, 0.6) is 0 Å². The number of ether oxygens (including phenoxy) is 1. The van der Waals surface area contributed by atoms with Gasteiger partial charge in [-0.25, -0.2) is 14.0 Å². The lowest BCUT2D eigenvalue weighted by molar-refractivity contribution is -0.123. The van der Waals surface area contributed by atoms with E-state index >= 15 is 0 Å². The van der Waals surface area contributed by atoms with Crippen molar-refractivity contribution in [1.29, 1.82) is 0 Å². The largest absolute Gasteiger partial charge is 0.452 e. The second-order valence-electron chi connectivity index (χ2n) is 5.36. The maximum atomic E-state index is 13.4. The topological polar surface area (TPSA) is 84.5 Å². The third-order valence-electron chi connectivity index (χ3n) is 3.45. The van der Waals surface area contributed by atoms with Gasteiger partial charge in [-0.15, -0.1) is 0 Å². The number of halogens is 1. The van der Waals surface area contributed by atoms with Gasteiger partial charge in [-0.2, -0.15) is 0 Å². The molecule has 0 bridgehead atoms. The molecule has 0 aliphatic heterocycles. The summed E-state index contributed by atoms with van der Waals surface area (Å²) in [7, 11) is 0. The Balaban J connectivity index is 1.83. The standard InChI is InChI=1S/C18H17FN2O4/c1-11-7-8-13(9-12(11)2)17(23)25-10-16(22)21-18(24)20-15-6-4-3-5-14(15)19/h3-9H,10H2,1-2H3,(H2,20,21,22,24). The fraction of sp³-hybridized carbons (Fsp3) is 0.167. The van der Waals surface area contributed by atoms with E-state index in [0.717, 1.165) is 11.1 Å². The molecule has 130 valence electrons. The lowest BCUT2D eigenvalue weighted by Crippen LogP contribution is -2.37. The molecule has 0 fully saturated rings. The SMILES string of the molecule is Cc1ccc(C(=O)OCC(=O)NC(=O)Nc2ccccc2F)cc1C. The van der Waals surface area contributed by atoms with Crippen LogP contribution < -0.4 is 10.6 Å². The lowest BCUT2D eigenvalue weighted by atomic mass is 10.1. The molecule has 2 N–H and O–H groups in total. The molecule has 0 aromatic heterocycles. The molecule has 0 unspecified atom stereocenters. The van der Waals surface area contributed by atoms with Gasteiger partial charge in [0.05, 0.1) is 11.3 Å². The Hall–Kier alpha value is -3.22. The molecule has 0 aliphatic rings. The van der Waals surface area contributed by atoms with Crippen LogP contribution in [0.4, 0.5) is 14.9 Å². The van der Waals surface area contributed by atoms with Crippen molar-refractivity contribution in [1.82, 2.24) is 5.32 Å². The Morgan fingerprint density at radius 3 is 2.44 bits per heavy atom. The fourth-order valence-corrected chi connectivity index (χ4v) is 1.96. The number of amides is 3. The van der Waals surface area contributed by atoms with Crippen LogP contribution in [-0.2, 0) is 9.53 Å². The van der Waals surface area contributed by atoms with Crippen molar-refractivity contribution < 1.29 is 23.5 Å². The minimum absolute atomic E-state index is 0.0695. The Morgan fingerprint density at radius 1 is 1.04 bits per heavy atom. The van der Waals surface area contributed by atoms with Crippen molar-refractivity contribution in [2.45, 2.75) is 13.8 Å². The molecule has 2 rings (SSSR count). The van der Waals surface area contributed by atoms with Gasteiger partial charge >= 0.3 is 12.0 Å². The first-order chi connectivity index (χ1) is 11.9. The van der Waals surface area contributed by atoms with Gasteiger partial charge < -0.3 is 10.1 Å². The smallest absolute Gasteiger partial charge is 0.338 e. The minimum atomic E-state index is -0.919. The number of anilines is 1. The molecule has 0 spiro atoms. The normalized spacial score (nSPS) is 10.0. The maximum absolute atomic E-state index is 13.4. The zero-order valence-electron chi connectivity index (χ0n) is 13.8. The van der Waals surface area contributed by atoms with Crippen LogP contribution in [0.1, 0.15) is 21.5 Å². The van der Waals surface area contributed by atoms with E-state index in [1.165, 1.54) is 24.3 Å². The molecule has 0 saturated carbocycles. The summed E-state index contributed by atoms with van der Waals surface area (Å²) in [5, 5.41) is 4.14. The van der Waals surface area contributed by atoms with Gasteiger partial charge in [0, 0.05) is 0 Å². The van der Waals surface area contributed by atoms with Crippen molar-refractivity contribution >= 4 is 23.6 Å². The molecule has 0 heterocycles. The highest BCUT2D eigenvalue weighted by Crippen LogP contribution is 2.12. The highest BCUT2D eigenvalue weighted by atomic mass is 19.1. The lowest BCUT2D eigenvalue weighted by Gasteiger charge is -2.08. The quantitative estimate of drug-likeness (QED) is 0.835. The molecule has 0 radical (unpaired) electrons. The average molecular weight is 344 g/mol. The van der Waals surface area contributed by atoms with Crippen LogP contribution in [0, 0.1) is 19.7 Å². The molecular weight excluding hydrogens is 327 g/mol. The van der Waals surface area contributed by atoms with Crippen LogP contribution in [0.3, 0.4) is 0 Å². The van der Waals surface area contributed by atoms with Gasteiger partial charge in [0.2, 0.25) is 0 Å². The first kappa shape index (κ1) is 18.1. The number of aryl methyl sites for hydroxylation is 2. The summed E-state index contributed by atoms with van der Waals surface area (Å²) in [6, 6.07) is 9.61. The van der Waals surface area contributed by atoms with Crippen LogP contribution in [0.25, 0.3) is 0 Å². The van der Waals surface area contributed by atoms with Gasteiger partial charge in [0.1, 0.15) is 5.82 Å². The zero-order chi connectivity index (χ0) is 18.4. The highest BCUT2D eigenvalue weighted by Gasteiger charge is 2.14. The number of benzene rings is 2. The number of esters is 1. The number of para-hydroxylation sites is 1. The second kappa shape index (κ2) is 8.05. The highest BCUT2D eigenvalue weighted by molar-refractivity contribution is 6.02. The number of nitrogens with one attached hydrogen (secondary N) is 2. The molecule has 0 aliphatic carbocycles. The Morgan fingerprint density at radius 2 is 1.76 bits per heavy atom. The molecule has 0 saturated heterocycles. The second-order valence-corrected chi connectivity index (χ2v) is 5.36. The number of imide groups is 1. The van der Waals surface area contributed by atoms with Crippen LogP contribution in [0.15, 0.2) is 42.5 Å². The van der Waals surface area contributed by atoms with E-state index < -0.39 is 30.3 Å². The summed E-state index contributed by atoms with van der Waals surface area (Å²) in [5.41, 5.74) is 2.19. The average Bonchev–Trinajstić information content (AvgIpc) is 2.57. The van der Waals surface area contributed by atoms with E-state index in [-0.39, 0.29) is 5.69 Å². The van der Waals surface area contributed by atoms with E-state index in [0.29, 0.717) is 5.56 Å². The first-order valence-corrected chi connectivity index (χ1v) is 7.46. The monoisotopic (exact) mass is 344 g/mol. The van der Waals surface area contributed by atoms with E-state index in [2.05, 4.69) is 5.32 Å². The summed E-state index contributed by atoms with van der Waals surface area (Å²) in [4.78, 5) is 35.1. The van der Waals surface area contributed by atoms with Gasteiger partial charge in [0.25, 0.3) is 5.91 Å². The molecule has 2 aromatic rings. The van der Waals surface area contributed by atoms with E-state index in [4.69, 9.17) is 4.74 Å². The van der Waals surface area contributed by atoms with Crippen molar-refractivity contribution in [3.8, 4) is 0 Å². The summed E-state index contributed by atoms with van der Waals surface area (Å²) >= 11 is 0. The van der Waals surface area contributed by atoms with Crippen molar-refractivity contribution in [2.24, 2.45) is 0 Å². The van der Waals surface area contributed by atoms with Gasteiger partial charge in [-0.1, -0.05) is 18.2 Å². The number of carbonyl (C=O) groups excluding carboxylic acids is 3. The summed E-state index contributed by atoms with van der Waals surface area (Å²) < 4.78 is 18.2. The predicted octanol–water partition coefficient (Wildman–Crippen LogP) is 2.95.